The number of hydrogen-bond donors (Lipinski definition) is 1. The summed E-state index contributed by atoms with van der Waals surface area (Å²) in [7, 11) is 0. The molecular formula is C24H25NO6. The van der Waals surface area contributed by atoms with Crippen LogP contribution < -0.4 is 5.63 Å². The number of carbonyl (C=O) groups excluding carboxylic acids is 1. The van der Waals surface area contributed by atoms with Crippen molar-refractivity contribution in [3.63, 3.8) is 0 Å². The number of hydrogen-bond acceptors (Lipinski definition) is 5. The molecule has 1 N–H and O–H groups in total. The third-order valence-electron chi connectivity index (χ3n) is 6.91. The van der Waals surface area contributed by atoms with Gasteiger partial charge in [-0.15, -0.1) is 0 Å². The molecule has 162 valence electrons. The fraction of sp³-hybridized carbons (Fsp3) is 0.458. The molecule has 1 aliphatic heterocycles. The van der Waals surface area contributed by atoms with Gasteiger partial charge in [0.25, 0.3) is 0 Å². The van der Waals surface area contributed by atoms with Gasteiger partial charge in [0.15, 0.2) is 0 Å². The number of rotatable bonds is 3. The van der Waals surface area contributed by atoms with E-state index in [0.29, 0.717) is 36.1 Å². The lowest BCUT2D eigenvalue weighted by molar-refractivity contribution is -0.148. The quantitative estimate of drug-likeness (QED) is 0.646. The van der Waals surface area contributed by atoms with Gasteiger partial charge in [0.1, 0.15) is 23.0 Å². The second-order valence-corrected chi connectivity index (χ2v) is 8.72. The van der Waals surface area contributed by atoms with Gasteiger partial charge in [-0.25, -0.2) is 9.59 Å². The second-order valence-electron chi connectivity index (χ2n) is 8.72. The number of likely N-dealkylation sites (tertiary alicyclic amines) is 1. The number of fused-ring (bicyclic) bond motifs is 4. The van der Waals surface area contributed by atoms with E-state index >= 15 is 0 Å². The van der Waals surface area contributed by atoms with Crippen molar-refractivity contribution in [3.8, 4) is 0 Å². The van der Waals surface area contributed by atoms with Crippen LogP contribution in [0.1, 0.15) is 53.7 Å². The van der Waals surface area contributed by atoms with Crippen LogP contribution in [0.2, 0.25) is 0 Å². The first-order chi connectivity index (χ1) is 14.9. The first kappa shape index (κ1) is 19.8. The Balaban J connectivity index is 1.61. The van der Waals surface area contributed by atoms with Crippen LogP contribution in [0, 0.1) is 13.8 Å². The fourth-order valence-corrected chi connectivity index (χ4v) is 5.20. The van der Waals surface area contributed by atoms with Crippen LogP contribution >= 0.6 is 0 Å². The zero-order chi connectivity index (χ0) is 21.9. The monoisotopic (exact) mass is 423 g/mol. The number of carboxylic acid groups (broad SMARTS) is 1. The van der Waals surface area contributed by atoms with Crippen molar-refractivity contribution in [1.29, 1.82) is 0 Å². The van der Waals surface area contributed by atoms with Gasteiger partial charge in [-0.05, 0) is 57.6 Å². The van der Waals surface area contributed by atoms with Crippen LogP contribution in [-0.2, 0) is 28.9 Å². The smallest absolute Gasteiger partial charge is 0.340 e. The Bertz CT molecular complexity index is 1300. The average Bonchev–Trinajstić information content (AvgIpc) is 3.37. The van der Waals surface area contributed by atoms with E-state index in [1.807, 2.05) is 19.9 Å². The van der Waals surface area contributed by atoms with Crippen LogP contribution in [-0.4, -0.2) is 34.5 Å². The number of furan rings is 1. The molecule has 0 unspecified atom stereocenters. The molecule has 1 aliphatic carbocycles. The van der Waals surface area contributed by atoms with Crippen molar-refractivity contribution in [1.82, 2.24) is 4.90 Å². The van der Waals surface area contributed by atoms with E-state index in [2.05, 4.69) is 0 Å². The highest BCUT2D eigenvalue weighted by Gasteiger charge is 2.34. The Morgan fingerprint density at radius 3 is 2.58 bits per heavy atom. The predicted molar refractivity (Wildman–Crippen MR) is 114 cm³/mol. The summed E-state index contributed by atoms with van der Waals surface area (Å²) in [6, 6.07) is 1.20. The maximum atomic E-state index is 12.9. The van der Waals surface area contributed by atoms with Gasteiger partial charge in [0, 0.05) is 34.9 Å². The van der Waals surface area contributed by atoms with E-state index < -0.39 is 17.6 Å². The molecule has 3 aromatic rings. The van der Waals surface area contributed by atoms with Crippen LogP contribution in [0.5, 0.6) is 0 Å². The summed E-state index contributed by atoms with van der Waals surface area (Å²) >= 11 is 0. The van der Waals surface area contributed by atoms with Gasteiger partial charge >= 0.3 is 11.6 Å². The maximum Gasteiger partial charge on any atom is 0.340 e. The third-order valence-corrected chi connectivity index (χ3v) is 6.91. The minimum Gasteiger partial charge on any atom is -0.480 e. The fourth-order valence-electron chi connectivity index (χ4n) is 5.20. The SMILES string of the molecule is Cc1c(CC(=O)N2CCC[C@@H]2C(=O)O)c(=O)oc2c(C)c3oc4c(c3cc12)CCCC4. The minimum absolute atomic E-state index is 0.158. The van der Waals surface area contributed by atoms with Gasteiger partial charge in [-0.3, -0.25) is 4.79 Å². The molecule has 0 radical (unpaired) electrons. The second kappa shape index (κ2) is 7.25. The van der Waals surface area contributed by atoms with E-state index in [0.717, 1.165) is 53.4 Å². The van der Waals surface area contributed by atoms with Crippen molar-refractivity contribution in [3.05, 3.63) is 44.5 Å². The molecule has 2 aromatic heterocycles. The van der Waals surface area contributed by atoms with Crippen LogP contribution in [0.4, 0.5) is 0 Å². The normalized spacial score (nSPS) is 18.6. The molecule has 0 bridgehead atoms. The molecule has 1 fully saturated rings. The summed E-state index contributed by atoms with van der Waals surface area (Å²) < 4.78 is 11.8. The Hall–Kier alpha value is -3.09. The molecule has 7 heteroatoms. The summed E-state index contributed by atoms with van der Waals surface area (Å²) in [6.07, 6.45) is 5.06. The van der Waals surface area contributed by atoms with Gasteiger partial charge in [-0.1, -0.05) is 0 Å². The van der Waals surface area contributed by atoms with Crippen molar-refractivity contribution >= 4 is 33.8 Å². The first-order valence-corrected chi connectivity index (χ1v) is 10.9. The largest absolute Gasteiger partial charge is 0.480 e. The van der Waals surface area contributed by atoms with Crippen LogP contribution in [0.3, 0.4) is 0 Å². The van der Waals surface area contributed by atoms with Gasteiger partial charge in [-0.2, -0.15) is 0 Å². The van der Waals surface area contributed by atoms with Crippen molar-refractivity contribution in [2.24, 2.45) is 0 Å². The van der Waals surface area contributed by atoms with Crippen molar-refractivity contribution in [2.45, 2.75) is 64.8 Å². The minimum atomic E-state index is -1.00. The van der Waals surface area contributed by atoms with E-state index in [4.69, 9.17) is 8.83 Å². The summed E-state index contributed by atoms with van der Waals surface area (Å²) in [6.45, 7) is 4.13. The molecule has 7 nitrogen and oxygen atoms in total. The van der Waals surface area contributed by atoms with Crippen molar-refractivity contribution < 1.29 is 23.5 Å². The van der Waals surface area contributed by atoms with Crippen molar-refractivity contribution in [2.75, 3.05) is 6.54 Å². The lowest BCUT2D eigenvalue weighted by Gasteiger charge is -2.21. The molecule has 3 heterocycles. The predicted octanol–water partition coefficient (Wildman–Crippen LogP) is 3.65. The molecule has 5 rings (SSSR count). The molecule has 1 atom stereocenters. The van der Waals surface area contributed by atoms with E-state index in [1.165, 1.54) is 10.5 Å². The van der Waals surface area contributed by atoms with Gasteiger partial charge in [0.05, 0.1) is 12.0 Å². The highest BCUT2D eigenvalue weighted by Crippen LogP contribution is 2.38. The molecule has 0 spiro atoms. The number of carbonyl (C=O) groups is 2. The molecule has 2 aliphatic rings. The van der Waals surface area contributed by atoms with Crippen LogP contribution in [0.25, 0.3) is 21.9 Å². The Kier molecular flexibility index (Phi) is 4.64. The van der Waals surface area contributed by atoms with Gasteiger partial charge in [0.2, 0.25) is 5.91 Å². The maximum absolute atomic E-state index is 12.9. The number of amides is 1. The Morgan fingerprint density at radius 2 is 1.81 bits per heavy atom. The number of benzene rings is 1. The molecule has 1 amide bonds. The summed E-state index contributed by atoms with van der Waals surface area (Å²) in [5.74, 6) is -0.335. The molecule has 0 saturated carbocycles. The summed E-state index contributed by atoms with van der Waals surface area (Å²) in [4.78, 5) is 38.5. The first-order valence-electron chi connectivity index (χ1n) is 10.9. The number of carboxylic acids is 1. The molecular weight excluding hydrogens is 398 g/mol. The Morgan fingerprint density at radius 1 is 1.06 bits per heavy atom. The lowest BCUT2D eigenvalue weighted by Crippen LogP contribution is -2.41. The van der Waals surface area contributed by atoms with E-state index in [1.54, 1.807) is 0 Å². The highest BCUT2D eigenvalue weighted by atomic mass is 16.4. The molecule has 31 heavy (non-hydrogen) atoms. The summed E-state index contributed by atoms with van der Waals surface area (Å²) in [5.41, 5.74) is 3.74. The lowest BCUT2D eigenvalue weighted by atomic mass is 9.93. The highest BCUT2D eigenvalue weighted by molar-refractivity contribution is 6.00. The zero-order valence-corrected chi connectivity index (χ0v) is 17.7. The Labute approximate surface area is 178 Å². The standard InChI is InChI=1S/C24H25NO6/c1-12-15-10-17-14-6-3-4-8-19(14)30-22(17)13(2)21(15)31-24(29)16(12)11-20(26)25-9-5-7-18(25)23(27)28/h10,18H,3-9,11H2,1-2H3,(H,27,28)/t18-/m1/s1. The van der Waals surface area contributed by atoms with E-state index in [-0.39, 0.29) is 12.3 Å². The number of aryl methyl sites for hydroxylation is 4. The molecule has 1 saturated heterocycles. The molecule has 1 aromatic carbocycles. The van der Waals surface area contributed by atoms with Crippen LogP contribution in [0.15, 0.2) is 19.7 Å². The number of aliphatic carboxylic acids is 1. The van der Waals surface area contributed by atoms with E-state index in [9.17, 15) is 19.5 Å². The number of nitrogens with zero attached hydrogens (tertiary/aromatic N) is 1. The van der Waals surface area contributed by atoms with Gasteiger partial charge < -0.3 is 18.8 Å². The summed E-state index contributed by atoms with van der Waals surface area (Å²) in [5, 5.41) is 11.2. The topological polar surface area (TPSA) is 101 Å². The average molecular weight is 423 g/mol. The third kappa shape index (κ3) is 3.06. The zero-order valence-electron chi connectivity index (χ0n) is 17.7.